The number of thioether (sulfide) groups is 2. The Morgan fingerprint density at radius 2 is 0.833 bits per heavy atom. The first-order valence-electron chi connectivity index (χ1n) is 23.0. The third kappa shape index (κ3) is 9.17. The van der Waals surface area contributed by atoms with Crippen LogP contribution in [0.2, 0.25) is 0 Å². The van der Waals surface area contributed by atoms with Crippen LogP contribution >= 0.6 is 70.6 Å². The molecule has 0 aliphatic carbocycles. The van der Waals surface area contributed by atoms with Gasteiger partial charge < -0.3 is 0 Å². The lowest BCUT2D eigenvalue weighted by Crippen LogP contribution is -2.44. The van der Waals surface area contributed by atoms with Gasteiger partial charge in [-0.2, -0.15) is 0 Å². The Kier molecular flexibility index (Phi) is 15.2. The second-order valence-electron chi connectivity index (χ2n) is 16.8. The van der Waals surface area contributed by atoms with Crippen LogP contribution in [0.5, 0.6) is 0 Å². The molecule has 8 rings (SSSR count). The van der Waals surface area contributed by atoms with Gasteiger partial charge in [0.25, 0.3) is 35.4 Å². The van der Waals surface area contributed by atoms with Gasteiger partial charge in [0.15, 0.2) is 0 Å². The van der Waals surface area contributed by atoms with Gasteiger partial charge in [-0.15, -0.1) is 22.7 Å². The summed E-state index contributed by atoms with van der Waals surface area (Å²) in [7, 11) is 0. The van der Waals surface area contributed by atoms with E-state index in [1.807, 2.05) is 38.1 Å². The maximum absolute atomic E-state index is 15.0. The average Bonchev–Trinajstić information content (AvgIpc) is 4.09. The molecule has 2 aromatic heterocycles. The van der Waals surface area contributed by atoms with Crippen molar-refractivity contribution in [3.8, 4) is 20.9 Å². The minimum Gasteiger partial charge on any atom is -0.293 e. The highest BCUT2D eigenvalue weighted by Gasteiger charge is 2.43. The Morgan fingerprint density at radius 1 is 0.455 bits per heavy atom. The van der Waals surface area contributed by atoms with Crippen LogP contribution in [0.3, 0.4) is 0 Å². The molecule has 6 amide bonds. The SMILES string of the molecule is CCCCCCCCN1C(=O)c2cc(-c3ccc(/C=C4\SC(=S)N(CC)C4=O)s3)c3c4c(cc(-c5ccc(/C=C6\SC(=S)N(CC)C6=O)s5)c(c24)C1=O)C(=O)N(CCCCCCCC)C3=O. The molecule has 2 fully saturated rings. The predicted molar refractivity (Wildman–Crippen MR) is 279 cm³/mol. The number of imide groups is 2. The number of carbonyl (C=O) groups is 6. The number of thiocarbonyl (C=S) groups is 2. The van der Waals surface area contributed by atoms with Crippen molar-refractivity contribution in [3.05, 3.63) is 78.2 Å². The Balaban J connectivity index is 1.29. The topological polar surface area (TPSA) is 115 Å². The number of thiophene rings is 2. The molecule has 0 radical (unpaired) electrons. The van der Waals surface area contributed by atoms with Gasteiger partial charge in [-0.1, -0.05) is 126 Å². The number of hydrogen-bond donors (Lipinski definition) is 0. The molecule has 2 saturated heterocycles. The summed E-state index contributed by atoms with van der Waals surface area (Å²) in [5.74, 6) is -2.16. The van der Waals surface area contributed by atoms with Crippen molar-refractivity contribution in [1.82, 2.24) is 19.6 Å². The van der Waals surface area contributed by atoms with Crippen molar-refractivity contribution in [2.24, 2.45) is 0 Å². The lowest BCUT2D eigenvalue weighted by atomic mass is 9.80. The average molecular weight is 997 g/mol. The molecule has 2 aromatic carbocycles. The van der Waals surface area contributed by atoms with E-state index in [-0.39, 0.29) is 47.2 Å². The Morgan fingerprint density at radius 3 is 1.20 bits per heavy atom. The summed E-state index contributed by atoms with van der Waals surface area (Å²) < 4.78 is 0.995. The monoisotopic (exact) mass is 996 g/mol. The zero-order valence-electron chi connectivity index (χ0n) is 37.6. The lowest BCUT2D eigenvalue weighted by molar-refractivity contribution is -0.122. The molecule has 10 nitrogen and oxygen atoms in total. The van der Waals surface area contributed by atoms with Crippen molar-refractivity contribution in [2.45, 2.75) is 105 Å². The zero-order chi connectivity index (χ0) is 46.8. The van der Waals surface area contributed by atoms with Crippen molar-refractivity contribution in [2.75, 3.05) is 26.2 Å². The number of nitrogens with zero attached hydrogens (tertiary/aromatic N) is 4. The molecule has 16 heteroatoms. The van der Waals surface area contributed by atoms with Crippen LogP contribution in [0, 0.1) is 0 Å². The fourth-order valence-electron chi connectivity index (χ4n) is 9.01. The minimum atomic E-state index is -0.462. The molecule has 344 valence electrons. The summed E-state index contributed by atoms with van der Waals surface area (Å²) >= 11 is 16.2. The van der Waals surface area contributed by atoms with E-state index in [2.05, 4.69) is 13.8 Å². The number of benzene rings is 2. The maximum Gasteiger partial charge on any atom is 0.266 e. The Bertz CT molecular complexity index is 2580. The highest BCUT2D eigenvalue weighted by atomic mass is 32.2. The van der Waals surface area contributed by atoms with Gasteiger partial charge in [0, 0.05) is 78.7 Å². The molecular weight excluding hydrogens is 945 g/mol. The van der Waals surface area contributed by atoms with Gasteiger partial charge in [0.1, 0.15) is 8.64 Å². The first-order chi connectivity index (χ1) is 31.9. The Hall–Kier alpha value is -4.32. The van der Waals surface area contributed by atoms with Gasteiger partial charge in [0.05, 0.1) is 20.9 Å². The summed E-state index contributed by atoms with van der Waals surface area (Å²) in [6, 6.07) is 11.0. The van der Waals surface area contributed by atoms with E-state index in [0.717, 1.165) is 74.0 Å². The standard InChI is InChI=1S/C50H52N4O6S6/c1-5-9-11-13-15-17-23-53-43(55)33-27-32(36-22-20-30(64-36)26-38-46(58)52(8-4)50(62)66-38)42-40-34(44(56)54(48(42)60)24-18-16-14-12-10-6-2)28-31(41(39(33)40)47(53)59)35-21-19-29(63-35)25-37-45(57)51(7-3)49(61)65-37/h19-22,25-28H,5-18,23-24H2,1-4H3/b37-25-,38-26-. The van der Waals surface area contributed by atoms with E-state index in [1.165, 1.54) is 56.0 Å². The Labute approximate surface area is 413 Å². The molecule has 0 unspecified atom stereocenters. The van der Waals surface area contributed by atoms with Gasteiger partial charge in [-0.3, -0.25) is 48.4 Å². The molecule has 0 bridgehead atoms. The van der Waals surface area contributed by atoms with E-state index in [4.69, 9.17) is 24.4 Å². The molecule has 0 spiro atoms. The predicted octanol–water partition coefficient (Wildman–Crippen LogP) is 12.7. The van der Waals surface area contributed by atoms with Crippen molar-refractivity contribution in [3.63, 3.8) is 0 Å². The largest absolute Gasteiger partial charge is 0.293 e. The summed E-state index contributed by atoms with van der Waals surface area (Å²) in [5, 5.41) is 0.630. The van der Waals surface area contributed by atoms with E-state index in [1.54, 1.807) is 34.1 Å². The summed E-state index contributed by atoms with van der Waals surface area (Å²) in [6.45, 7) is 9.46. The van der Waals surface area contributed by atoms with Crippen molar-refractivity contribution in [1.29, 1.82) is 0 Å². The quantitative estimate of drug-likeness (QED) is 0.0367. The molecule has 4 aliphatic rings. The maximum atomic E-state index is 15.0. The molecule has 4 aromatic rings. The third-order valence-corrected chi connectivity index (χ3v) is 17.3. The number of unbranched alkanes of at least 4 members (excludes halogenated alkanes) is 10. The van der Waals surface area contributed by atoms with E-state index in [9.17, 15) is 19.2 Å². The summed E-state index contributed by atoms with van der Waals surface area (Å²) in [5.41, 5.74) is 2.08. The van der Waals surface area contributed by atoms with Crippen LogP contribution in [0.4, 0.5) is 0 Å². The second kappa shape index (κ2) is 20.9. The van der Waals surface area contributed by atoms with E-state index in [0.29, 0.717) is 76.0 Å². The number of amides is 6. The lowest BCUT2D eigenvalue weighted by Gasteiger charge is -2.34. The second-order valence-corrected chi connectivity index (χ2v) is 22.3. The van der Waals surface area contributed by atoms with Crippen LogP contribution in [0.15, 0.2) is 46.2 Å². The van der Waals surface area contributed by atoms with Crippen molar-refractivity contribution < 1.29 is 28.8 Å². The number of likely N-dealkylation sites (N-methyl/N-ethyl adjacent to an activating group) is 2. The number of hydrogen-bond acceptors (Lipinski definition) is 12. The third-order valence-electron chi connectivity index (χ3n) is 12.5. The van der Waals surface area contributed by atoms with Gasteiger partial charge in [-0.05, 0) is 75.2 Å². The molecule has 66 heavy (non-hydrogen) atoms. The van der Waals surface area contributed by atoms with Crippen LogP contribution in [0.25, 0.3) is 43.8 Å². The fraction of sp³-hybridized carbons (Fsp3) is 0.400. The van der Waals surface area contributed by atoms with Gasteiger partial charge >= 0.3 is 0 Å². The highest BCUT2D eigenvalue weighted by molar-refractivity contribution is 8.27. The molecule has 0 N–H and O–H groups in total. The molecule has 4 aliphatic heterocycles. The van der Waals surface area contributed by atoms with Crippen molar-refractivity contribution >= 4 is 138 Å². The van der Waals surface area contributed by atoms with Crippen LogP contribution in [-0.4, -0.2) is 89.9 Å². The molecule has 6 heterocycles. The summed E-state index contributed by atoms with van der Waals surface area (Å²) in [4.78, 5) is 95.9. The number of rotatable bonds is 20. The van der Waals surface area contributed by atoms with E-state index >= 15 is 9.59 Å². The van der Waals surface area contributed by atoms with Gasteiger partial charge in [0.2, 0.25) is 0 Å². The molecule has 0 atom stereocenters. The normalized spacial score (nSPS) is 17.5. The highest BCUT2D eigenvalue weighted by Crippen LogP contribution is 2.49. The van der Waals surface area contributed by atoms with Crippen LogP contribution in [-0.2, 0) is 9.59 Å². The first-order valence-corrected chi connectivity index (χ1v) is 27.1. The first kappa shape index (κ1) is 48.1. The molecule has 0 saturated carbocycles. The number of carbonyl (C=O) groups excluding carboxylic acids is 6. The van der Waals surface area contributed by atoms with E-state index < -0.39 is 23.6 Å². The molecular formula is C50H52N4O6S6. The van der Waals surface area contributed by atoms with Crippen LogP contribution < -0.4 is 0 Å². The fourth-order valence-corrected chi connectivity index (χ4v) is 13.9. The smallest absolute Gasteiger partial charge is 0.266 e. The zero-order valence-corrected chi connectivity index (χ0v) is 42.5. The van der Waals surface area contributed by atoms with Crippen LogP contribution in [0.1, 0.15) is 156 Å². The van der Waals surface area contributed by atoms with Gasteiger partial charge in [-0.25, -0.2) is 0 Å². The summed E-state index contributed by atoms with van der Waals surface area (Å²) in [6.07, 6.45) is 15.2. The minimum absolute atomic E-state index is 0.159.